The molecule has 0 unspecified atom stereocenters. The summed E-state index contributed by atoms with van der Waals surface area (Å²) in [7, 11) is -3.95. The molecule has 0 amide bonds. The average molecular weight is 427 g/mol. The Kier molecular flexibility index (Phi) is 5.24. The van der Waals surface area contributed by atoms with E-state index in [1.165, 1.54) is 18.3 Å². The molecular formula is C20H14FN3O3S2. The summed E-state index contributed by atoms with van der Waals surface area (Å²) >= 11 is 1.13. The Morgan fingerprint density at radius 2 is 1.76 bits per heavy atom. The molecule has 0 saturated heterocycles. The van der Waals surface area contributed by atoms with E-state index in [1.807, 2.05) is 24.3 Å². The summed E-state index contributed by atoms with van der Waals surface area (Å²) in [5, 5.41) is 1.84. The first kappa shape index (κ1) is 19.0. The number of nitrogens with zero attached hydrogens (tertiary/aromatic N) is 2. The highest BCUT2D eigenvalue weighted by Gasteiger charge is 2.19. The first-order valence-corrected chi connectivity index (χ1v) is 10.8. The van der Waals surface area contributed by atoms with Crippen LogP contribution in [0.25, 0.3) is 11.3 Å². The molecule has 0 aliphatic rings. The molecule has 2 aromatic heterocycles. The number of thiazole rings is 1. The van der Waals surface area contributed by atoms with E-state index in [0.717, 1.165) is 17.4 Å². The van der Waals surface area contributed by atoms with Gasteiger partial charge in [-0.3, -0.25) is 9.71 Å². The monoisotopic (exact) mass is 427 g/mol. The van der Waals surface area contributed by atoms with Gasteiger partial charge in [0, 0.05) is 23.3 Å². The highest BCUT2D eigenvalue weighted by atomic mass is 32.2. The Bertz CT molecular complexity index is 1230. The number of nitrogens with one attached hydrogen (secondary N) is 1. The van der Waals surface area contributed by atoms with E-state index in [0.29, 0.717) is 17.0 Å². The summed E-state index contributed by atoms with van der Waals surface area (Å²) in [6.07, 6.45) is 3.13. The van der Waals surface area contributed by atoms with Crippen molar-refractivity contribution in [2.24, 2.45) is 0 Å². The molecule has 2 heterocycles. The Labute approximate surface area is 170 Å². The van der Waals surface area contributed by atoms with Gasteiger partial charge in [-0.15, -0.1) is 11.3 Å². The Hall–Kier alpha value is -3.30. The fraction of sp³-hybridized carbons (Fsp3) is 0. The number of aromatic nitrogens is 2. The van der Waals surface area contributed by atoms with E-state index < -0.39 is 15.8 Å². The lowest BCUT2D eigenvalue weighted by Crippen LogP contribution is -2.13. The second kappa shape index (κ2) is 7.98. The SMILES string of the molecule is O=S(=O)(Nc1nccs1)c1ccc(Oc2ccccc2-c2ccccn2)c(F)c1. The average Bonchev–Trinajstić information content (AvgIpc) is 3.23. The second-order valence-electron chi connectivity index (χ2n) is 5.85. The molecule has 0 radical (unpaired) electrons. The molecule has 4 aromatic rings. The molecule has 2 aromatic carbocycles. The van der Waals surface area contributed by atoms with Crippen LogP contribution in [0.3, 0.4) is 0 Å². The highest BCUT2D eigenvalue weighted by molar-refractivity contribution is 7.93. The van der Waals surface area contributed by atoms with Crippen LogP contribution in [0.1, 0.15) is 0 Å². The van der Waals surface area contributed by atoms with E-state index in [4.69, 9.17) is 4.74 Å². The normalized spacial score (nSPS) is 11.2. The van der Waals surface area contributed by atoms with E-state index in [2.05, 4.69) is 14.7 Å². The molecule has 4 rings (SSSR count). The lowest BCUT2D eigenvalue weighted by atomic mass is 10.1. The summed E-state index contributed by atoms with van der Waals surface area (Å²) in [5.41, 5.74) is 1.37. The van der Waals surface area contributed by atoms with Crippen molar-refractivity contribution in [3.05, 3.63) is 84.3 Å². The molecular weight excluding hydrogens is 413 g/mol. The number of benzene rings is 2. The number of rotatable bonds is 6. The van der Waals surface area contributed by atoms with Gasteiger partial charge in [-0.05, 0) is 42.5 Å². The minimum Gasteiger partial charge on any atom is -0.454 e. The summed E-state index contributed by atoms with van der Waals surface area (Å²) in [4.78, 5) is 7.93. The van der Waals surface area contributed by atoms with E-state index >= 15 is 0 Å². The van der Waals surface area contributed by atoms with Gasteiger partial charge in [-0.1, -0.05) is 18.2 Å². The van der Waals surface area contributed by atoms with Crippen LogP contribution in [0.2, 0.25) is 0 Å². The highest BCUT2D eigenvalue weighted by Crippen LogP contribution is 2.34. The first-order chi connectivity index (χ1) is 14.0. The van der Waals surface area contributed by atoms with Gasteiger partial charge < -0.3 is 4.74 Å². The molecule has 29 heavy (non-hydrogen) atoms. The topological polar surface area (TPSA) is 81.2 Å². The smallest absolute Gasteiger partial charge is 0.263 e. The predicted molar refractivity (Wildman–Crippen MR) is 109 cm³/mol. The largest absolute Gasteiger partial charge is 0.454 e. The molecule has 0 spiro atoms. The number of sulfonamides is 1. The van der Waals surface area contributed by atoms with Crippen LogP contribution < -0.4 is 9.46 Å². The van der Waals surface area contributed by atoms with Crippen LogP contribution in [-0.4, -0.2) is 18.4 Å². The molecule has 9 heteroatoms. The summed E-state index contributed by atoms with van der Waals surface area (Å²) in [6.45, 7) is 0. The number of pyridine rings is 1. The number of halogens is 1. The van der Waals surface area contributed by atoms with Crippen molar-refractivity contribution < 1.29 is 17.5 Å². The zero-order chi connectivity index (χ0) is 20.3. The third kappa shape index (κ3) is 4.25. The van der Waals surface area contributed by atoms with Gasteiger partial charge >= 0.3 is 0 Å². The van der Waals surface area contributed by atoms with Crippen LogP contribution in [0.5, 0.6) is 11.5 Å². The van der Waals surface area contributed by atoms with Crippen LogP contribution in [-0.2, 0) is 10.0 Å². The number of ether oxygens (including phenoxy) is 1. The van der Waals surface area contributed by atoms with Crippen LogP contribution in [0.4, 0.5) is 9.52 Å². The molecule has 0 saturated carbocycles. The van der Waals surface area contributed by atoms with Gasteiger partial charge in [0.2, 0.25) is 0 Å². The van der Waals surface area contributed by atoms with Gasteiger partial charge in [0.15, 0.2) is 16.7 Å². The predicted octanol–water partition coefficient (Wildman–Crippen LogP) is 4.94. The standard InChI is InChI=1S/C20H14FN3O3S2/c21-16-13-14(29(25,26)24-20-23-11-12-28-20)8-9-19(16)27-18-7-2-1-5-15(18)17-6-3-4-10-22-17/h1-13H,(H,23,24). The molecule has 0 aliphatic heterocycles. The molecule has 0 fully saturated rings. The van der Waals surface area contributed by atoms with Crippen LogP contribution >= 0.6 is 11.3 Å². The van der Waals surface area contributed by atoms with Gasteiger partial charge in [0.1, 0.15) is 5.75 Å². The lowest BCUT2D eigenvalue weighted by Gasteiger charge is -2.12. The number of para-hydroxylation sites is 1. The maximum atomic E-state index is 14.6. The number of hydrogen-bond donors (Lipinski definition) is 1. The minimum absolute atomic E-state index is 0.0958. The zero-order valence-corrected chi connectivity index (χ0v) is 16.5. The molecule has 0 atom stereocenters. The maximum Gasteiger partial charge on any atom is 0.263 e. The lowest BCUT2D eigenvalue weighted by molar-refractivity contribution is 0.442. The Morgan fingerprint density at radius 1 is 0.931 bits per heavy atom. The third-order valence-corrected chi connectivity index (χ3v) is 6.07. The van der Waals surface area contributed by atoms with Gasteiger partial charge in [-0.2, -0.15) is 0 Å². The van der Waals surface area contributed by atoms with Crippen LogP contribution in [0, 0.1) is 5.82 Å². The van der Waals surface area contributed by atoms with Crippen molar-refractivity contribution >= 4 is 26.5 Å². The summed E-state index contributed by atoms with van der Waals surface area (Å²) < 4.78 is 47.5. The minimum atomic E-state index is -3.95. The van der Waals surface area contributed by atoms with Gasteiger partial charge in [0.25, 0.3) is 10.0 Å². The van der Waals surface area contributed by atoms with Gasteiger partial charge in [0.05, 0.1) is 10.6 Å². The van der Waals surface area contributed by atoms with E-state index in [1.54, 1.807) is 29.8 Å². The number of anilines is 1. The van der Waals surface area contributed by atoms with Crippen molar-refractivity contribution in [2.75, 3.05) is 4.72 Å². The fourth-order valence-electron chi connectivity index (χ4n) is 2.59. The molecule has 1 N–H and O–H groups in total. The van der Waals surface area contributed by atoms with Crippen molar-refractivity contribution in [2.45, 2.75) is 4.90 Å². The first-order valence-electron chi connectivity index (χ1n) is 8.43. The molecule has 146 valence electrons. The van der Waals surface area contributed by atoms with Crippen molar-refractivity contribution in [3.63, 3.8) is 0 Å². The summed E-state index contributed by atoms with van der Waals surface area (Å²) in [6, 6.07) is 16.0. The van der Waals surface area contributed by atoms with Crippen molar-refractivity contribution in [3.8, 4) is 22.8 Å². The van der Waals surface area contributed by atoms with Crippen LogP contribution in [0.15, 0.2) is 83.3 Å². The zero-order valence-electron chi connectivity index (χ0n) is 14.8. The molecule has 0 aliphatic carbocycles. The number of hydrogen-bond acceptors (Lipinski definition) is 6. The summed E-state index contributed by atoms with van der Waals surface area (Å²) in [5.74, 6) is -0.494. The molecule has 0 bridgehead atoms. The molecule has 6 nitrogen and oxygen atoms in total. The Morgan fingerprint density at radius 3 is 2.48 bits per heavy atom. The van der Waals surface area contributed by atoms with E-state index in [9.17, 15) is 12.8 Å². The Balaban J connectivity index is 1.62. The maximum absolute atomic E-state index is 14.6. The van der Waals surface area contributed by atoms with Gasteiger partial charge in [-0.25, -0.2) is 17.8 Å². The van der Waals surface area contributed by atoms with E-state index in [-0.39, 0.29) is 15.8 Å². The third-order valence-electron chi connectivity index (χ3n) is 3.92. The second-order valence-corrected chi connectivity index (χ2v) is 8.43. The van der Waals surface area contributed by atoms with Crippen molar-refractivity contribution in [1.29, 1.82) is 0 Å². The fourth-order valence-corrected chi connectivity index (χ4v) is 4.39. The quantitative estimate of drug-likeness (QED) is 0.471. The van der Waals surface area contributed by atoms with Crippen molar-refractivity contribution in [1.82, 2.24) is 9.97 Å².